The van der Waals surface area contributed by atoms with Crippen molar-refractivity contribution in [3.05, 3.63) is 29.8 Å². The van der Waals surface area contributed by atoms with Crippen molar-refractivity contribution in [1.29, 1.82) is 0 Å². The van der Waals surface area contributed by atoms with Crippen LogP contribution in [0.2, 0.25) is 0 Å². The van der Waals surface area contributed by atoms with Crippen LogP contribution in [0.3, 0.4) is 0 Å². The molecule has 1 aromatic heterocycles. The van der Waals surface area contributed by atoms with Crippen LogP contribution in [0.4, 0.5) is 5.95 Å². The van der Waals surface area contributed by atoms with E-state index in [0.717, 1.165) is 17.7 Å². The predicted molar refractivity (Wildman–Crippen MR) is 79.9 cm³/mol. The summed E-state index contributed by atoms with van der Waals surface area (Å²) in [7, 11) is 0. The maximum Gasteiger partial charge on any atom is 0.322 e. The predicted octanol–water partition coefficient (Wildman–Crippen LogP) is 3.07. The van der Waals surface area contributed by atoms with E-state index in [4.69, 9.17) is 4.74 Å². The Morgan fingerprint density at radius 3 is 2.55 bits per heavy atom. The van der Waals surface area contributed by atoms with E-state index in [1.54, 1.807) is 0 Å². The lowest BCUT2D eigenvalue weighted by Crippen LogP contribution is -2.12. The van der Waals surface area contributed by atoms with Gasteiger partial charge < -0.3 is 10.1 Å². The third-order valence-corrected chi connectivity index (χ3v) is 2.68. The van der Waals surface area contributed by atoms with Crippen LogP contribution in [0.25, 0.3) is 11.4 Å². The molecule has 5 nitrogen and oxygen atoms in total. The molecule has 0 radical (unpaired) electrons. The molecule has 20 heavy (non-hydrogen) atoms. The first kappa shape index (κ1) is 14.2. The van der Waals surface area contributed by atoms with Gasteiger partial charge in [-0.25, -0.2) is 0 Å². The van der Waals surface area contributed by atoms with E-state index in [0.29, 0.717) is 17.8 Å². The van der Waals surface area contributed by atoms with Crippen molar-refractivity contribution in [3.63, 3.8) is 0 Å². The number of rotatable bonds is 5. The minimum atomic E-state index is 0.0246. The van der Waals surface area contributed by atoms with Crippen LogP contribution < -0.4 is 10.1 Å². The van der Waals surface area contributed by atoms with Crippen molar-refractivity contribution < 1.29 is 4.74 Å². The van der Waals surface area contributed by atoms with Gasteiger partial charge in [0.2, 0.25) is 5.95 Å². The standard InChI is InChI=1S/C15H20N4O/c1-5-16-14-17-13(12-9-7-6-8-11(12)4)18-15(19-14)20-10(2)3/h6-10H,5H2,1-4H3,(H,16,17,18,19). The molecule has 1 N–H and O–H groups in total. The summed E-state index contributed by atoms with van der Waals surface area (Å²) >= 11 is 0. The van der Waals surface area contributed by atoms with Crippen LogP contribution >= 0.6 is 0 Å². The molecule has 0 aliphatic carbocycles. The zero-order valence-corrected chi connectivity index (χ0v) is 12.3. The van der Waals surface area contributed by atoms with Gasteiger partial charge in [0.05, 0.1) is 6.10 Å². The fraction of sp³-hybridized carbons (Fsp3) is 0.400. The molecule has 0 saturated carbocycles. The Balaban J connectivity index is 2.46. The highest BCUT2D eigenvalue weighted by Gasteiger charge is 2.11. The first-order chi connectivity index (χ1) is 9.60. The van der Waals surface area contributed by atoms with Gasteiger partial charge in [0.25, 0.3) is 0 Å². The van der Waals surface area contributed by atoms with Gasteiger partial charge in [-0.1, -0.05) is 24.3 Å². The molecule has 0 aliphatic rings. The summed E-state index contributed by atoms with van der Waals surface area (Å²) in [5.41, 5.74) is 2.11. The van der Waals surface area contributed by atoms with Crippen molar-refractivity contribution in [2.45, 2.75) is 33.8 Å². The number of hydrogen-bond acceptors (Lipinski definition) is 5. The SMILES string of the molecule is CCNc1nc(OC(C)C)nc(-c2ccccc2C)n1. The van der Waals surface area contributed by atoms with Crippen LogP contribution in [0, 0.1) is 6.92 Å². The summed E-state index contributed by atoms with van der Waals surface area (Å²) in [5.74, 6) is 1.17. The highest BCUT2D eigenvalue weighted by atomic mass is 16.5. The van der Waals surface area contributed by atoms with E-state index in [1.807, 2.05) is 52.0 Å². The molecule has 0 unspecified atom stereocenters. The fourth-order valence-corrected chi connectivity index (χ4v) is 1.80. The first-order valence-electron chi connectivity index (χ1n) is 6.82. The number of nitrogens with zero attached hydrogens (tertiary/aromatic N) is 3. The van der Waals surface area contributed by atoms with E-state index in [1.165, 1.54) is 0 Å². The van der Waals surface area contributed by atoms with Gasteiger partial charge in [-0.15, -0.1) is 0 Å². The van der Waals surface area contributed by atoms with Crippen LogP contribution in [0.15, 0.2) is 24.3 Å². The van der Waals surface area contributed by atoms with Gasteiger partial charge in [0.15, 0.2) is 5.82 Å². The second-order valence-corrected chi connectivity index (χ2v) is 4.78. The number of aryl methyl sites for hydroxylation is 1. The number of aromatic nitrogens is 3. The molecule has 0 saturated heterocycles. The molecule has 2 aromatic rings. The topological polar surface area (TPSA) is 59.9 Å². The summed E-state index contributed by atoms with van der Waals surface area (Å²) in [6.07, 6.45) is 0.0246. The highest BCUT2D eigenvalue weighted by Crippen LogP contribution is 2.22. The molecule has 0 amide bonds. The Hall–Kier alpha value is -2.17. The quantitative estimate of drug-likeness (QED) is 0.906. The third-order valence-electron chi connectivity index (χ3n) is 2.68. The smallest absolute Gasteiger partial charge is 0.322 e. The zero-order chi connectivity index (χ0) is 14.5. The van der Waals surface area contributed by atoms with Gasteiger partial charge in [0, 0.05) is 12.1 Å². The van der Waals surface area contributed by atoms with Gasteiger partial charge in [0.1, 0.15) is 0 Å². The van der Waals surface area contributed by atoms with E-state index in [9.17, 15) is 0 Å². The number of hydrogen-bond donors (Lipinski definition) is 1. The number of nitrogens with one attached hydrogen (secondary N) is 1. The largest absolute Gasteiger partial charge is 0.461 e. The molecule has 1 aromatic carbocycles. The third kappa shape index (κ3) is 3.44. The minimum Gasteiger partial charge on any atom is -0.461 e. The average Bonchev–Trinajstić information content (AvgIpc) is 2.38. The first-order valence-corrected chi connectivity index (χ1v) is 6.82. The van der Waals surface area contributed by atoms with E-state index < -0.39 is 0 Å². The Morgan fingerprint density at radius 2 is 1.90 bits per heavy atom. The molecule has 2 rings (SSSR count). The Kier molecular flexibility index (Phi) is 4.50. The van der Waals surface area contributed by atoms with Gasteiger partial charge in [-0.2, -0.15) is 15.0 Å². The molecule has 0 aliphatic heterocycles. The lowest BCUT2D eigenvalue weighted by molar-refractivity contribution is 0.222. The van der Waals surface area contributed by atoms with Gasteiger partial charge in [-0.05, 0) is 33.3 Å². The molecule has 0 spiro atoms. The van der Waals surface area contributed by atoms with Crippen molar-refractivity contribution >= 4 is 5.95 Å². The average molecular weight is 272 g/mol. The zero-order valence-electron chi connectivity index (χ0n) is 12.3. The second kappa shape index (κ2) is 6.32. The van der Waals surface area contributed by atoms with Gasteiger partial charge >= 0.3 is 6.01 Å². The normalized spacial score (nSPS) is 10.7. The second-order valence-electron chi connectivity index (χ2n) is 4.78. The van der Waals surface area contributed by atoms with Crippen LogP contribution in [-0.2, 0) is 0 Å². The highest BCUT2D eigenvalue weighted by molar-refractivity contribution is 5.60. The van der Waals surface area contributed by atoms with Crippen LogP contribution in [-0.4, -0.2) is 27.6 Å². The molecule has 0 fully saturated rings. The van der Waals surface area contributed by atoms with Gasteiger partial charge in [-0.3, -0.25) is 0 Å². The van der Waals surface area contributed by atoms with Crippen molar-refractivity contribution in [2.75, 3.05) is 11.9 Å². The summed E-state index contributed by atoms with van der Waals surface area (Å²) in [6, 6.07) is 8.36. The van der Waals surface area contributed by atoms with Crippen molar-refractivity contribution in [2.24, 2.45) is 0 Å². The number of benzene rings is 1. The summed E-state index contributed by atoms with van der Waals surface area (Å²) in [4.78, 5) is 13.1. The van der Waals surface area contributed by atoms with E-state index in [-0.39, 0.29) is 6.10 Å². The van der Waals surface area contributed by atoms with E-state index in [2.05, 4.69) is 20.3 Å². The molecular weight excluding hydrogens is 252 g/mol. The number of anilines is 1. The molecule has 106 valence electrons. The van der Waals surface area contributed by atoms with Crippen LogP contribution in [0.1, 0.15) is 26.3 Å². The maximum absolute atomic E-state index is 5.60. The Bertz CT molecular complexity index is 584. The van der Waals surface area contributed by atoms with E-state index >= 15 is 0 Å². The molecule has 0 bridgehead atoms. The summed E-state index contributed by atoms with van der Waals surface area (Å²) in [6.45, 7) is 8.68. The summed E-state index contributed by atoms with van der Waals surface area (Å²) in [5, 5.41) is 3.11. The van der Waals surface area contributed by atoms with Crippen LogP contribution in [0.5, 0.6) is 6.01 Å². The maximum atomic E-state index is 5.60. The molecule has 1 heterocycles. The molecular formula is C15H20N4O. The monoisotopic (exact) mass is 272 g/mol. The van der Waals surface area contributed by atoms with Crippen molar-refractivity contribution in [1.82, 2.24) is 15.0 Å². The molecule has 5 heteroatoms. The lowest BCUT2D eigenvalue weighted by Gasteiger charge is -2.11. The number of ether oxygens (including phenoxy) is 1. The minimum absolute atomic E-state index is 0.0246. The molecule has 0 atom stereocenters. The lowest BCUT2D eigenvalue weighted by atomic mass is 10.1. The fourth-order valence-electron chi connectivity index (χ4n) is 1.80. The summed E-state index contributed by atoms with van der Waals surface area (Å²) < 4.78 is 5.60. The van der Waals surface area contributed by atoms with Crippen molar-refractivity contribution in [3.8, 4) is 17.4 Å². The Labute approximate surface area is 119 Å². The Morgan fingerprint density at radius 1 is 1.15 bits per heavy atom.